The van der Waals surface area contributed by atoms with Crippen molar-refractivity contribution in [1.29, 1.82) is 5.26 Å². The zero-order valence-corrected chi connectivity index (χ0v) is 13.4. The van der Waals surface area contributed by atoms with Crippen LogP contribution in [0.1, 0.15) is 50.2 Å². The van der Waals surface area contributed by atoms with Crippen LogP contribution in [0.4, 0.5) is 0 Å². The van der Waals surface area contributed by atoms with E-state index in [1.807, 2.05) is 13.0 Å². The van der Waals surface area contributed by atoms with E-state index in [1.165, 1.54) is 0 Å². The molecule has 1 N–H and O–H groups in total. The molecule has 22 heavy (non-hydrogen) atoms. The van der Waals surface area contributed by atoms with Crippen molar-refractivity contribution in [2.24, 2.45) is 5.41 Å². The fourth-order valence-electron chi connectivity index (χ4n) is 2.75. The second kappa shape index (κ2) is 6.49. The molecule has 0 heterocycles. The maximum Gasteiger partial charge on any atom is 0.239 e. The number of sulfonamides is 1. The Morgan fingerprint density at radius 2 is 1.82 bits per heavy atom. The van der Waals surface area contributed by atoms with E-state index in [0.717, 1.165) is 32.1 Å². The first-order valence-electron chi connectivity index (χ1n) is 7.39. The molecule has 0 saturated heterocycles. The zero-order valence-electron chi connectivity index (χ0n) is 12.6. The molecule has 1 aromatic carbocycles. The molecule has 0 bridgehead atoms. The number of nitriles is 1. The van der Waals surface area contributed by atoms with E-state index >= 15 is 0 Å². The normalized spacial score (nSPS) is 17.5. The molecule has 1 aliphatic rings. The molecule has 118 valence electrons. The summed E-state index contributed by atoms with van der Waals surface area (Å²) >= 11 is 0. The lowest BCUT2D eigenvalue weighted by molar-refractivity contribution is -0.129. The van der Waals surface area contributed by atoms with E-state index in [0.29, 0.717) is 11.1 Å². The molecule has 1 aromatic rings. The molecule has 0 unspecified atom stereocenters. The minimum absolute atomic E-state index is 0.263. The average Bonchev–Trinajstić information content (AvgIpc) is 2.48. The minimum Gasteiger partial charge on any atom is -0.273 e. The molecule has 0 aromatic heterocycles. The summed E-state index contributed by atoms with van der Waals surface area (Å²) < 4.78 is 26.5. The molecule has 6 heteroatoms. The Kier molecular flexibility index (Phi) is 4.87. The van der Waals surface area contributed by atoms with Gasteiger partial charge in [-0.25, -0.2) is 8.42 Å². The Hall–Kier alpha value is -1.87. The highest BCUT2D eigenvalue weighted by Crippen LogP contribution is 2.36. The molecule has 0 aliphatic heterocycles. The van der Waals surface area contributed by atoms with E-state index in [2.05, 4.69) is 4.72 Å². The summed E-state index contributed by atoms with van der Waals surface area (Å²) in [5, 5.41) is 8.73. The summed E-state index contributed by atoms with van der Waals surface area (Å²) in [4.78, 5) is 12.3. The van der Waals surface area contributed by atoms with Gasteiger partial charge in [-0.15, -0.1) is 0 Å². The highest BCUT2D eigenvalue weighted by atomic mass is 32.2. The lowest BCUT2D eigenvalue weighted by atomic mass is 9.75. The fourth-order valence-corrected chi connectivity index (χ4v) is 3.99. The number of nitrogens with one attached hydrogen (secondary N) is 1. The minimum atomic E-state index is -3.72. The van der Waals surface area contributed by atoms with Gasteiger partial charge < -0.3 is 0 Å². The number of amides is 1. The largest absolute Gasteiger partial charge is 0.273 e. The van der Waals surface area contributed by atoms with Crippen LogP contribution in [0.3, 0.4) is 0 Å². The number of benzene rings is 1. The van der Waals surface area contributed by atoms with Crippen LogP contribution in [0.5, 0.6) is 0 Å². The summed E-state index contributed by atoms with van der Waals surface area (Å²) in [6, 6.07) is 8.28. The van der Waals surface area contributed by atoms with Gasteiger partial charge in [-0.1, -0.05) is 38.3 Å². The number of nitrogens with zero attached hydrogens (tertiary/aromatic N) is 1. The Labute approximate surface area is 131 Å². The van der Waals surface area contributed by atoms with Crippen LogP contribution in [-0.2, 0) is 20.6 Å². The van der Waals surface area contributed by atoms with E-state index in [9.17, 15) is 13.2 Å². The summed E-state index contributed by atoms with van der Waals surface area (Å²) in [6.07, 6.45) is 4.47. The molecule has 5 nitrogen and oxygen atoms in total. The number of carbonyl (C=O) groups excluding carboxylic acids is 1. The fraction of sp³-hybridized carbons (Fsp3) is 0.500. The maximum absolute atomic E-state index is 12.3. The van der Waals surface area contributed by atoms with Crippen LogP contribution >= 0.6 is 0 Å². The van der Waals surface area contributed by atoms with Gasteiger partial charge in [-0.05, 0) is 30.5 Å². The second-order valence-corrected chi connectivity index (χ2v) is 7.84. The van der Waals surface area contributed by atoms with Gasteiger partial charge in [0.05, 0.1) is 17.4 Å². The first kappa shape index (κ1) is 16.5. The highest BCUT2D eigenvalue weighted by Gasteiger charge is 2.36. The number of hydrogen-bond donors (Lipinski definition) is 1. The molecule has 0 spiro atoms. The molecule has 1 aliphatic carbocycles. The third-order valence-corrected chi connectivity index (χ3v) is 5.40. The van der Waals surface area contributed by atoms with E-state index < -0.39 is 21.3 Å². The molecular formula is C16H20N2O3S. The lowest BCUT2D eigenvalue weighted by Crippen LogP contribution is -2.43. The van der Waals surface area contributed by atoms with Crippen molar-refractivity contribution in [2.75, 3.05) is 0 Å². The standard InChI is InChI=1S/C16H20N2O3S/c1-16(9-3-2-4-10-16)15(19)18-22(20,21)12-14-7-5-13(11-17)6-8-14/h5-8H,2-4,9-10,12H2,1H3,(H,18,19). The first-order valence-corrected chi connectivity index (χ1v) is 9.04. The van der Waals surface area contributed by atoms with Crippen LogP contribution in [0.2, 0.25) is 0 Å². The molecule has 0 radical (unpaired) electrons. The number of rotatable bonds is 4. The van der Waals surface area contributed by atoms with Crippen LogP contribution < -0.4 is 4.72 Å². The SMILES string of the molecule is CC1(C(=O)NS(=O)(=O)Cc2ccc(C#N)cc2)CCCCC1. The lowest BCUT2D eigenvalue weighted by Gasteiger charge is -2.31. The van der Waals surface area contributed by atoms with E-state index in [1.54, 1.807) is 24.3 Å². The van der Waals surface area contributed by atoms with Gasteiger partial charge in [0, 0.05) is 5.41 Å². The summed E-state index contributed by atoms with van der Waals surface area (Å²) in [7, 11) is -3.72. The molecule has 0 atom stereocenters. The van der Waals surface area contributed by atoms with Crippen LogP contribution in [0.25, 0.3) is 0 Å². The van der Waals surface area contributed by atoms with Crippen molar-refractivity contribution >= 4 is 15.9 Å². The van der Waals surface area contributed by atoms with Crippen LogP contribution in [0, 0.1) is 16.7 Å². The molecular weight excluding hydrogens is 300 g/mol. The van der Waals surface area contributed by atoms with Gasteiger partial charge in [0.1, 0.15) is 0 Å². The van der Waals surface area contributed by atoms with E-state index in [4.69, 9.17) is 5.26 Å². The van der Waals surface area contributed by atoms with Gasteiger partial charge in [0.15, 0.2) is 0 Å². The quantitative estimate of drug-likeness (QED) is 0.923. The summed E-state index contributed by atoms with van der Waals surface area (Å²) in [6.45, 7) is 1.83. The Morgan fingerprint density at radius 3 is 2.36 bits per heavy atom. The third-order valence-electron chi connectivity index (χ3n) is 4.19. The maximum atomic E-state index is 12.3. The van der Waals surface area contributed by atoms with Crippen molar-refractivity contribution in [3.63, 3.8) is 0 Å². The van der Waals surface area contributed by atoms with Crippen LogP contribution in [0.15, 0.2) is 24.3 Å². The highest BCUT2D eigenvalue weighted by molar-refractivity contribution is 7.89. The van der Waals surface area contributed by atoms with Gasteiger partial charge in [-0.3, -0.25) is 9.52 Å². The summed E-state index contributed by atoms with van der Waals surface area (Å²) in [5.41, 5.74) is 0.434. The first-order chi connectivity index (χ1) is 10.3. The number of carbonyl (C=O) groups is 1. The van der Waals surface area contributed by atoms with Crippen molar-refractivity contribution in [2.45, 2.75) is 44.8 Å². The summed E-state index contributed by atoms with van der Waals surface area (Å²) in [5.74, 6) is -0.665. The predicted octanol–water partition coefficient (Wildman–Crippen LogP) is 2.47. The van der Waals surface area contributed by atoms with Gasteiger partial charge in [0.25, 0.3) is 0 Å². The smallest absolute Gasteiger partial charge is 0.239 e. The average molecular weight is 320 g/mol. The topological polar surface area (TPSA) is 87.0 Å². The Balaban J connectivity index is 2.04. The van der Waals surface area contributed by atoms with Gasteiger partial charge in [0.2, 0.25) is 15.9 Å². The van der Waals surface area contributed by atoms with Crippen molar-refractivity contribution in [3.05, 3.63) is 35.4 Å². The Bertz CT molecular complexity index is 681. The molecule has 1 saturated carbocycles. The van der Waals surface area contributed by atoms with Crippen LogP contribution in [-0.4, -0.2) is 14.3 Å². The molecule has 1 fully saturated rings. The number of hydrogen-bond acceptors (Lipinski definition) is 4. The van der Waals surface area contributed by atoms with Gasteiger partial charge >= 0.3 is 0 Å². The monoisotopic (exact) mass is 320 g/mol. The second-order valence-electron chi connectivity index (χ2n) is 6.12. The van der Waals surface area contributed by atoms with Crippen molar-refractivity contribution in [3.8, 4) is 6.07 Å². The van der Waals surface area contributed by atoms with E-state index in [-0.39, 0.29) is 5.75 Å². The van der Waals surface area contributed by atoms with Gasteiger partial charge in [-0.2, -0.15) is 5.26 Å². The third kappa shape index (κ3) is 4.08. The van der Waals surface area contributed by atoms with Crippen molar-refractivity contribution in [1.82, 2.24) is 4.72 Å². The molecule has 2 rings (SSSR count). The predicted molar refractivity (Wildman–Crippen MR) is 83.1 cm³/mol. The van der Waals surface area contributed by atoms with Crippen molar-refractivity contribution < 1.29 is 13.2 Å². The zero-order chi connectivity index (χ0) is 16.2. The molecule has 1 amide bonds. The Morgan fingerprint density at radius 1 is 1.23 bits per heavy atom.